The average Bonchev–Trinajstić information content (AvgIpc) is 3.19. The molecule has 0 radical (unpaired) electrons. The summed E-state index contributed by atoms with van der Waals surface area (Å²) in [7, 11) is 1.64. The molecule has 0 aromatic heterocycles. The number of unbranched alkanes of at least 4 members (excludes halogenated alkanes) is 17. The van der Waals surface area contributed by atoms with Crippen LogP contribution in [0.4, 0.5) is 0 Å². The van der Waals surface area contributed by atoms with Gasteiger partial charge in [-0.3, -0.25) is 13.8 Å². The summed E-state index contributed by atoms with van der Waals surface area (Å²) in [6.07, 6.45) is 55.1. The van der Waals surface area contributed by atoms with Crippen molar-refractivity contribution < 1.29 is 37.3 Å². The van der Waals surface area contributed by atoms with E-state index in [0.29, 0.717) is 24.1 Å². The van der Waals surface area contributed by atoms with Gasteiger partial charge in [-0.15, -0.1) is 0 Å². The van der Waals surface area contributed by atoms with Crippen LogP contribution in [0.15, 0.2) is 72.9 Å². The number of esters is 1. The highest BCUT2D eigenvalue weighted by Crippen LogP contribution is 2.43. The smallest absolute Gasteiger partial charge is 0.457 e. The molecule has 0 amide bonds. The fourth-order valence-corrected chi connectivity index (χ4v) is 6.84. The van der Waals surface area contributed by atoms with Gasteiger partial charge in [0.2, 0.25) is 0 Å². The van der Waals surface area contributed by atoms with Crippen LogP contribution in [0.2, 0.25) is 0 Å². The van der Waals surface area contributed by atoms with Crippen LogP contribution >= 0.6 is 7.82 Å². The number of hydrogen-bond acceptors (Lipinski definition) is 6. The Morgan fingerprint density at radius 2 is 0.983 bits per heavy atom. The van der Waals surface area contributed by atoms with Crippen LogP contribution in [-0.4, -0.2) is 75.6 Å². The molecule has 1 N–H and O–H groups in total. The Morgan fingerprint density at radius 1 is 0.542 bits per heavy atom. The van der Waals surface area contributed by atoms with E-state index in [9.17, 15) is 14.3 Å². The van der Waals surface area contributed by atoms with Crippen molar-refractivity contribution in [1.82, 2.24) is 0 Å². The van der Waals surface area contributed by atoms with Gasteiger partial charge >= 0.3 is 13.8 Å². The maximum atomic E-state index is 12.7. The standard InChI is InChI=1S/C50H90NO7P/c1-6-8-10-12-14-16-18-20-22-23-24-25-26-27-28-30-32-34-36-38-40-42-45-55-47-49(48-57-59(53,54)56-46-44-51(3,4)5)58-50(52)43-41-39-37-35-33-31-29-21-19-17-15-13-11-9-7-2/h8,10,14-17,20-22,24-25,29,49H,6-7,9,11-13,18-19,23,26-28,30-48H2,1-5H3/p+1/b10-8-,16-14-,17-15-,22-20-,25-24-,29-21-. The minimum Gasteiger partial charge on any atom is -0.457 e. The quantitative estimate of drug-likeness (QED) is 0.0215. The van der Waals surface area contributed by atoms with Crippen LogP contribution in [0, 0.1) is 0 Å². The number of phosphoric acid groups is 1. The molecular weight excluding hydrogens is 758 g/mol. The van der Waals surface area contributed by atoms with Crippen LogP contribution in [-0.2, 0) is 27.9 Å². The number of rotatable bonds is 43. The zero-order valence-corrected chi connectivity index (χ0v) is 39.6. The average molecular weight is 849 g/mol. The van der Waals surface area contributed by atoms with Gasteiger partial charge in [0.25, 0.3) is 0 Å². The first kappa shape index (κ1) is 56.9. The summed E-state index contributed by atoms with van der Waals surface area (Å²) in [5, 5.41) is 0. The zero-order valence-electron chi connectivity index (χ0n) is 38.7. The SMILES string of the molecule is CC/C=C\C/C=C\C/C=C\C/C=C\CCCCCCCCCCCOCC(COP(=O)(O)OCC[N+](C)(C)C)OC(=O)CCCCCCC/C=C\C/C=C\CCCCC. The second-order valence-electron chi connectivity index (χ2n) is 16.8. The second-order valence-corrected chi connectivity index (χ2v) is 18.2. The third-order valence-electron chi connectivity index (χ3n) is 9.75. The Bertz CT molecular complexity index is 1170. The van der Waals surface area contributed by atoms with E-state index in [4.69, 9.17) is 18.5 Å². The first-order valence-electron chi connectivity index (χ1n) is 23.7. The van der Waals surface area contributed by atoms with E-state index < -0.39 is 13.9 Å². The molecule has 342 valence electrons. The predicted octanol–water partition coefficient (Wildman–Crippen LogP) is 14.3. The number of ether oxygens (including phenoxy) is 2. The van der Waals surface area contributed by atoms with E-state index in [-0.39, 0.29) is 25.8 Å². The molecule has 2 unspecified atom stereocenters. The molecular formula is C50H91NO7P+. The van der Waals surface area contributed by atoms with E-state index in [2.05, 4.69) is 86.8 Å². The van der Waals surface area contributed by atoms with Gasteiger partial charge in [0.15, 0.2) is 0 Å². The minimum atomic E-state index is -4.29. The molecule has 0 aliphatic carbocycles. The maximum absolute atomic E-state index is 12.7. The monoisotopic (exact) mass is 849 g/mol. The summed E-state index contributed by atoms with van der Waals surface area (Å²) in [6.45, 7) is 5.44. The van der Waals surface area contributed by atoms with Gasteiger partial charge in [0.1, 0.15) is 19.3 Å². The summed E-state index contributed by atoms with van der Waals surface area (Å²) in [6, 6.07) is 0. The number of phosphoric ester groups is 1. The molecule has 59 heavy (non-hydrogen) atoms. The summed E-state index contributed by atoms with van der Waals surface area (Å²) in [5.74, 6) is -0.332. The molecule has 0 saturated carbocycles. The van der Waals surface area contributed by atoms with E-state index in [1.807, 2.05) is 21.1 Å². The Hall–Kier alpha value is -2.06. The first-order chi connectivity index (χ1) is 28.6. The molecule has 2 atom stereocenters. The van der Waals surface area contributed by atoms with Crippen LogP contribution in [0.25, 0.3) is 0 Å². The van der Waals surface area contributed by atoms with Crippen LogP contribution < -0.4 is 0 Å². The lowest BCUT2D eigenvalue weighted by Crippen LogP contribution is -2.37. The number of quaternary nitrogens is 1. The summed E-state index contributed by atoms with van der Waals surface area (Å²) in [4.78, 5) is 22.9. The number of likely N-dealkylation sites (N-methyl/N-ethyl adjacent to an activating group) is 1. The Morgan fingerprint density at radius 3 is 1.47 bits per heavy atom. The van der Waals surface area contributed by atoms with E-state index in [1.54, 1.807) is 0 Å². The predicted molar refractivity (Wildman–Crippen MR) is 252 cm³/mol. The van der Waals surface area contributed by atoms with Gasteiger partial charge in [0.05, 0.1) is 34.4 Å². The lowest BCUT2D eigenvalue weighted by atomic mass is 10.1. The lowest BCUT2D eigenvalue weighted by molar-refractivity contribution is -0.870. The zero-order chi connectivity index (χ0) is 43.4. The van der Waals surface area contributed by atoms with Gasteiger partial charge in [-0.05, 0) is 83.5 Å². The van der Waals surface area contributed by atoms with Gasteiger partial charge in [-0.1, -0.05) is 164 Å². The Balaban J connectivity index is 4.21. The van der Waals surface area contributed by atoms with E-state index in [0.717, 1.165) is 83.5 Å². The molecule has 0 aromatic carbocycles. The van der Waals surface area contributed by atoms with E-state index in [1.165, 1.54) is 77.0 Å². The fraction of sp³-hybridized carbons (Fsp3) is 0.740. The van der Waals surface area contributed by atoms with Crippen LogP contribution in [0.3, 0.4) is 0 Å². The molecule has 9 heteroatoms. The summed E-state index contributed by atoms with van der Waals surface area (Å²) in [5.41, 5.74) is 0. The molecule has 0 bridgehead atoms. The summed E-state index contributed by atoms with van der Waals surface area (Å²) < 4.78 is 35.0. The highest BCUT2D eigenvalue weighted by atomic mass is 31.2. The van der Waals surface area contributed by atoms with Crippen molar-refractivity contribution in [1.29, 1.82) is 0 Å². The van der Waals surface area contributed by atoms with Crippen molar-refractivity contribution in [2.24, 2.45) is 0 Å². The molecule has 0 heterocycles. The van der Waals surface area contributed by atoms with Crippen molar-refractivity contribution in [3.63, 3.8) is 0 Å². The number of nitrogens with zero attached hydrogens (tertiary/aromatic N) is 1. The molecule has 0 rings (SSSR count). The van der Waals surface area contributed by atoms with E-state index >= 15 is 0 Å². The summed E-state index contributed by atoms with van der Waals surface area (Å²) >= 11 is 0. The molecule has 0 saturated heterocycles. The van der Waals surface area contributed by atoms with Gasteiger partial charge in [-0.2, -0.15) is 0 Å². The third kappa shape index (κ3) is 46.9. The van der Waals surface area contributed by atoms with Crippen LogP contribution in [0.5, 0.6) is 0 Å². The highest BCUT2D eigenvalue weighted by molar-refractivity contribution is 7.47. The normalized spacial score (nSPS) is 14.3. The fourth-order valence-electron chi connectivity index (χ4n) is 6.10. The van der Waals surface area contributed by atoms with Crippen molar-refractivity contribution in [3.05, 3.63) is 72.9 Å². The van der Waals surface area contributed by atoms with Gasteiger partial charge < -0.3 is 18.9 Å². The van der Waals surface area contributed by atoms with Gasteiger partial charge in [-0.25, -0.2) is 4.57 Å². The molecule has 0 aliphatic rings. The molecule has 0 aromatic rings. The Kier molecular flexibility index (Phi) is 41.1. The lowest BCUT2D eigenvalue weighted by Gasteiger charge is -2.24. The second kappa shape index (κ2) is 42.6. The van der Waals surface area contributed by atoms with Crippen LogP contribution in [0.1, 0.15) is 181 Å². The third-order valence-corrected chi connectivity index (χ3v) is 10.7. The number of allylic oxidation sites excluding steroid dienone is 12. The van der Waals surface area contributed by atoms with Crippen molar-refractivity contribution >= 4 is 13.8 Å². The minimum absolute atomic E-state index is 0.0811. The highest BCUT2D eigenvalue weighted by Gasteiger charge is 2.26. The molecule has 0 aliphatic heterocycles. The first-order valence-corrected chi connectivity index (χ1v) is 25.2. The van der Waals surface area contributed by atoms with Gasteiger partial charge in [0, 0.05) is 13.0 Å². The number of carbonyl (C=O) groups is 1. The topological polar surface area (TPSA) is 91.3 Å². The Labute approximate surface area is 363 Å². The molecule has 0 spiro atoms. The molecule has 0 fully saturated rings. The largest absolute Gasteiger partial charge is 0.472 e. The molecule has 8 nitrogen and oxygen atoms in total. The van der Waals surface area contributed by atoms with Crippen molar-refractivity contribution in [2.75, 3.05) is 54.1 Å². The van der Waals surface area contributed by atoms with Crippen molar-refractivity contribution in [2.45, 2.75) is 187 Å². The number of hydrogen-bond donors (Lipinski definition) is 1. The number of carbonyl (C=O) groups excluding carboxylic acids is 1. The maximum Gasteiger partial charge on any atom is 0.472 e. The van der Waals surface area contributed by atoms with Crippen molar-refractivity contribution in [3.8, 4) is 0 Å².